The summed E-state index contributed by atoms with van der Waals surface area (Å²) in [6, 6.07) is 18.2. The van der Waals surface area contributed by atoms with Crippen LogP contribution in [0, 0.1) is 11.3 Å². The molecule has 0 radical (unpaired) electrons. The van der Waals surface area contributed by atoms with Crippen LogP contribution in [0.15, 0.2) is 66.4 Å². The van der Waals surface area contributed by atoms with E-state index >= 15 is 0 Å². The summed E-state index contributed by atoms with van der Waals surface area (Å²) in [4.78, 5) is 25.4. The molecule has 26 heavy (non-hydrogen) atoms. The molecule has 0 aliphatic carbocycles. The van der Waals surface area contributed by atoms with Crippen molar-refractivity contribution in [2.75, 3.05) is 17.2 Å². The minimum absolute atomic E-state index is 0.157. The zero-order valence-electron chi connectivity index (χ0n) is 14.5. The second-order valence-corrected chi connectivity index (χ2v) is 5.63. The Hall–Kier alpha value is -3.59. The molecule has 6 nitrogen and oxygen atoms in total. The average Bonchev–Trinajstić information content (AvgIpc) is 2.63. The van der Waals surface area contributed by atoms with Crippen LogP contribution >= 0.6 is 0 Å². The zero-order valence-corrected chi connectivity index (χ0v) is 14.5. The number of nitrogen functional groups attached to an aromatic ring is 1. The molecule has 6 heteroatoms. The summed E-state index contributed by atoms with van der Waals surface area (Å²) in [5.41, 5.74) is 7.63. The fourth-order valence-corrected chi connectivity index (χ4v) is 2.35. The summed E-state index contributed by atoms with van der Waals surface area (Å²) >= 11 is 0. The Morgan fingerprint density at radius 3 is 2.54 bits per heavy atom. The fourth-order valence-electron chi connectivity index (χ4n) is 2.35. The van der Waals surface area contributed by atoms with E-state index in [1.807, 2.05) is 36.4 Å². The van der Waals surface area contributed by atoms with E-state index in [2.05, 4.69) is 5.32 Å². The van der Waals surface area contributed by atoms with Crippen molar-refractivity contribution in [3.63, 3.8) is 0 Å². The topological polar surface area (TPSA) is 99.2 Å². The average molecular weight is 348 g/mol. The van der Waals surface area contributed by atoms with E-state index in [9.17, 15) is 14.9 Å². The van der Waals surface area contributed by atoms with E-state index in [-0.39, 0.29) is 11.5 Å². The minimum Gasteiger partial charge on any atom is -0.399 e. The number of nitrogens with two attached hydrogens (primary N) is 1. The minimum atomic E-state index is -0.529. The summed E-state index contributed by atoms with van der Waals surface area (Å²) in [7, 11) is 0. The monoisotopic (exact) mass is 348 g/mol. The molecule has 2 amide bonds. The highest BCUT2D eigenvalue weighted by molar-refractivity contribution is 6.01. The maximum absolute atomic E-state index is 12.3. The molecule has 2 aromatic carbocycles. The van der Waals surface area contributed by atoms with Gasteiger partial charge in [0.05, 0.1) is 5.69 Å². The first-order valence-corrected chi connectivity index (χ1v) is 8.10. The number of hydrogen-bond donors (Lipinski definition) is 2. The van der Waals surface area contributed by atoms with Crippen LogP contribution in [0.25, 0.3) is 0 Å². The van der Waals surface area contributed by atoms with E-state index in [1.165, 1.54) is 18.0 Å². The van der Waals surface area contributed by atoms with Gasteiger partial charge in [-0.05, 0) is 30.2 Å². The molecule has 132 valence electrons. The largest absolute Gasteiger partial charge is 0.399 e. The van der Waals surface area contributed by atoms with Crippen LogP contribution < -0.4 is 16.0 Å². The summed E-state index contributed by atoms with van der Waals surface area (Å²) < 4.78 is 0. The Bertz CT molecular complexity index is 854. The number of carbonyl (C=O) groups is 2. The summed E-state index contributed by atoms with van der Waals surface area (Å²) in [5.74, 6) is -0.862. The van der Waals surface area contributed by atoms with Crippen molar-refractivity contribution in [3.05, 3.63) is 71.9 Å². The van der Waals surface area contributed by atoms with Gasteiger partial charge >= 0.3 is 0 Å². The number of nitrogens with zero attached hydrogens (tertiary/aromatic N) is 2. The molecule has 0 fully saturated rings. The predicted octanol–water partition coefficient (Wildman–Crippen LogP) is 2.39. The maximum Gasteiger partial charge on any atom is 0.263 e. The second kappa shape index (κ2) is 9.04. The molecule has 3 N–H and O–H groups in total. The van der Waals surface area contributed by atoms with Crippen LogP contribution in [0.3, 0.4) is 0 Å². The smallest absolute Gasteiger partial charge is 0.263 e. The lowest BCUT2D eigenvalue weighted by Crippen LogP contribution is -2.29. The van der Waals surface area contributed by atoms with Crippen LogP contribution in [0.2, 0.25) is 0 Å². The fraction of sp³-hybridized carbons (Fsp3) is 0.150. The first kappa shape index (κ1) is 18.7. The van der Waals surface area contributed by atoms with Gasteiger partial charge in [-0.3, -0.25) is 14.5 Å². The van der Waals surface area contributed by atoms with E-state index in [0.29, 0.717) is 24.3 Å². The first-order chi connectivity index (χ1) is 12.5. The third-order valence-corrected chi connectivity index (χ3v) is 3.65. The standard InChI is InChI=1S/C20H20N4O2/c1-15(25)24(19-9-5-8-18(22)12-19)14-17(13-21)20(26)23-11-10-16-6-3-2-4-7-16/h2-9,12,14H,10-11,22H2,1H3,(H,23,26)/b17-14-. The predicted molar refractivity (Wildman–Crippen MR) is 101 cm³/mol. The highest BCUT2D eigenvalue weighted by Gasteiger charge is 2.15. The van der Waals surface area contributed by atoms with Crippen LogP contribution in [0.4, 0.5) is 11.4 Å². The zero-order chi connectivity index (χ0) is 18.9. The van der Waals surface area contributed by atoms with Crippen molar-refractivity contribution < 1.29 is 9.59 Å². The number of anilines is 2. The third kappa shape index (κ3) is 5.21. The lowest BCUT2D eigenvalue weighted by Gasteiger charge is -2.17. The number of nitriles is 1. The van der Waals surface area contributed by atoms with Gasteiger partial charge in [-0.15, -0.1) is 0 Å². The van der Waals surface area contributed by atoms with Crippen molar-refractivity contribution in [3.8, 4) is 6.07 Å². The van der Waals surface area contributed by atoms with Gasteiger partial charge in [-0.25, -0.2) is 0 Å². The van der Waals surface area contributed by atoms with Crippen LogP contribution in [0.1, 0.15) is 12.5 Å². The molecular weight excluding hydrogens is 328 g/mol. The van der Waals surface area contributed by atoms with Gasteiger partial charge in [0.25, 0.3) is 5.91 Å². The van der Waals surface area contributed by atoms with E-state index in [4.69, 9.17) is 5.73 Å². The van der Waals surface area contributed by atoms with Crippen molar-refractivity contribution >= 4 is 23.2 Å². The number of rotatable bonds is 6. The molecule has 0 aliphatic rings. The normalized spacial score (nSPS) is 10.7. The Balaban J connectivity index is 2.09. The van der Waals surface area contributed by atoms with Crippen molar-refractivity contribution in [2.24, 2.45) is 0 Å². The number of hydrogen-bond acceptors (Lipinski definition) is 4. The van der Waals surface area contributed by atoms with Gasteiger partial charge in [0, 0.05) is 25.4 Å². The number of nitrogens with one attached hydrogen (secondary N) is 1. The Morgan fingerprint density at radius 1 is 1.19 bits per heavy atom. The number of benzene rings is 2. The molecule has 0 unspecified atom stereocenters. The van der Waals surface area contributed by atoms with Crippen molar-refractivity contribution in [2.45, 2.75) is 13.3 Å². The molecule has 0 atom stereocenters. The van der Waals surface area contributed by atoms with Gasteiger partial charge in [0.15, 0.2) is 0 Å². The SMILES string of the molecule is CC(=O)N(/C=C(/C#N)C(=O)NCCc1ccccc1)c1cccc(N)c1. The van der Waals surface area contributed by atoms with Crippen LogP contribution in [-0.2, 0) is 16.0 Å². The van der Waals surface area contributed by atoms with E-state index < -0.39 is 5.91 Å². The summed E-state index contributed by atoms with van der Waals surface area (Å²) in [6.07, 6.45) is 1.88. The Kier molecular flexibility index (Phi) is 6.52. The highest BCUT2D eigenvalue weighted by atomic mass is 16.2. The molecule has 0 aliphatic heterocycles. The quantitative estimate of drug-likeness (QED) is 0.476. The van der Waals surface area contributed by atoms with Gasteiger partial charge in [-0.2, -0.15) is 5.26 Å². The van der Waals surface area contributed by atoms with Crippen LogP contribution in [-0.4, -0.2) is 18.4 Å². The van der Waals surface area contributed by atoms with E-state index in [1.54, 1.807) is 24.3 Å². The first-order valence-electron chi connectivity index (χ1n) is 8.10. The van der Waals surface area contributed by atoms with Gasteiger partial charge in [0.1, 0.15) is 11.6 Å². The number of amides is 2. The molecule has 2 aromatic rings. The molecule has 2 rings (SSSR count). The maximum atomic E-state index is 12.3. The lowest BCUT2D eigenvalue weighted by molar-refractivity contribution is -0.117. The number of carbonyl (C=O) groups excluding carboxylic acids is 2. The lowest BCUT2D eigenvalue weighted by atomic mass is 10.1. The second-order valence-electron chi connectivity index (χ2n) is 5.63. The molecule has 0 spiro atoms. The van der Waals surface area contributed by atoms with Crippen molar-refractivity contribution in [1.29, 1.82) is 5.26 Å². The summed E-state index contributed by atoms with van der Waals surface area (Å²) in [5, 5.41) is 12.0. The Morgan fingerprint density at radius 2 is 1.92 bits per heavy atom. The third-order valence-electron chi connectivity index (χ3n) is 3.65. The van der Waals surface area contributed by atoms with E-state index in [0.717, 1.165) is 5.56 Å². The van der Waals surface area contributed by atoms with Crippen LogP contribution in [0.5, 0.6) is 0 Å². The molecule has 0 aromatic heterocycles. The molecule has 0 saturated carbocycles. The molecule has 0 heterocycles. The summed E-state index contributed by atoms with van der Waals surface area (Å²) in [6.45, 7) is 1.74. The Labute approximate surface area is 152 Å². The molecule has 0 saturated heterocycles. The van der Waals surface area contributed by atoms with Gasteiger partial charge in [0.2, 0.25) is 5.91 Å². The highest BCUT2D eigenvalue weighted by Crippen LogP contribution is 2.19. The van der Waals surface area contributed by atoms with Gasteiger partial charge < -0.3 is 11.1 Å². The van der Waals surface area contributed by atoms with Crippen molar-refractivity contribution in [1.82, 2.24) is 5.32 Å². The molecular formula is C20H20N4O2. The van der Waals surface area contributed by atoms with Gasteiger partial charge in [-0.1, -0.05) is 36.4 Å². The molecule has 0 bridgehead atoms.